The lowest BCUT2D eigenvalue weighted by Gasteiger charge is -2.26. The average molecular weight is 293 g/mol. The number of rotatable bonds is 8. The zero-order chi connectivity index (χ0) is 14.9. The highest BCUT2D eigenvalue weighted by molar-refractivity contribution is 5.46. The molecule has 118 valence electrons. The van der Waals surface area contributed by atoms with E-state index in [1.165, 1.54) is 0 Å². The van der Waals surface area contributed by atoms with Crippen LogP contribution in [0.3, 0.4) is 0 Å². The normalized spacial score (nSPS) is 16.1. The minimum atomic E-state index is 0.699. The van der Waals surface area contributed by atoms with Gasteiger partial charge in [0, 0.05) is 38.8 Å². The van der Waals surface area contributed by atoms with Gasteiger partial charge in [0.1, 0.15) is 18.0 Å². The molecule has 0 aliphatic carbocycles. The van der Waals surface area contributed by atoms with E-state index in [1.807, 2.05) is 6.07 Å². The molecule has 2 N–H and O–H groups in total. The molecule has 1 aromatic heterocycles. The maximum absolute atomic E-state index is 5.34. The van der Waals surface area contributed by atoms with Gasteiger partial charge < -0.3 is 15.4 Å². The fourth-order valence-electron chi connectivity index (χ4n) is 2.21. The summed E-state index contributed by atoms with van der Waals surface area (Å²) in [5, 5.41) is 6.70. The van der Waals surface area contributed by atoms with Crippen molar-refractivity contribution in [3.05, 3.63) is 12.4 Å². The monoisotopic (exact) mass is 293 g/mol. The van der Waals surface area contributed by atoms with E-state index in [0.717, 1.165) is 64.0 Å². The van der Waals surface area contributed by atoms with Gasteiger partial charge in [-0.2, -0.15) is 0 Å². The molecule has 0 atom stereocenters. The van der Waals surface area contributed by atoms with E-state index in [0.29, 0.717) is 5.92 Å². The third-order valence-corrected chi connectivity index (χ3v) is 3.53. The van der Waals surface area contributed by atoms with E-state index in [1.54, 1.807) is 6.33 Å². The van der Waals surface area contributed by atoms with Gasteiger partial charge in [0.2, 0.25) is 0 Å². The highest BCUT2D eigenvalue weighted by Gasteiger charge is 2.09. The number of morpholine rings is 1. The van der Waals surface area contributed by atoms with Gasteiger partial charge in [0.15, 0.2) is 0 Å². The van der Waals surface area contributed by atoms with Crippen LogP contribution in [0, 0.1) is 5.92 Å². The molecule has 0 amide bonds. The van der Waals surface area contributed by atoms with Crippen LogP contribution in [0.1, 0.15) is 20.3 Å². The van der Waals surface area contributed by atoms with Crippen molar-refractivity contribution in [3.8, 4) is 0 Å². The Hall–Kier alpha value is -1.40. The van der Waals surface area contributed by atoms with Crippen LogP contribution in [-0.4, -0.2) is 60.8 Å². The lowest BCUT2D eigenvalue weighted by molar-refractivity contribution is 0.0398. The third-order valence-electron chi connectivity index (χ3n) is 3.53. The van der Waals surface area contributed by atoms with Gasteiger partial charge in [-0.05, 0) is 12.3 Å². The molecule has 1 saturated heterocycles. The molecule has 2 rings (SSSR count). The van der Waals surface area contributed by atoms with Crippen LogP contribution in [0.4, 0.5) is 11.6 Å². The van der Waals surface area contributed by atoms with Crippen LogP contribution >= 0.6 is 0 Å². The zero-order valence-electron chi connectivity index (χ0n) is 13.1. The van der Waals surface area contributed by atoms with Crippen molar-refractivity contribution in [2.24, 2.45) is 5.92 Å². The summed E-state index contributed by atoms with van der Waals surface area (Å²) in [4.78, 5) is 10.9. The topological polar surface area (TPSA) is 62.3 Å². The first-order valence-electron chi connectivity index (χ1n) is 7.84. The largest absolute Gasteiger partial charge is 0.379 e. The third kappa shape index (κ3) is 6.27. The molecule has 6 heteroatoms. The molecule has 1 aliphatic heterocycles. The Morgan fingerprint density at radius 2 is 1.81 bits per heavy atom. The maximum atomic E-state index is 5.34. The minimum absolute atomic E-state index is 0.699. The number of nitrogens with zero attached hydrogens (tertiary/aromatic N) is 3. The van der Waals surface area contributed by atoms with Gasteiger partial charge in [-0.25, -0.2) is 9.97 Å². The fourth-order valence-corrected chi connectivity index (χ4v) is 2.21. The number of anilines is 2. The van der Waals surface area contributed by atoms with Crippen molar-refractivity contribution in [2.75, 3.05) is 56.6 Å². The Balaban J connectivity index is 1.70. The lowest BCUT2D eigenvalue weighted by atomic mass is 10.1. The Labute approximate surface area is 127 Å². The predicted octanol–water partition coefficient (Wildman–Crippen LogP) is 1.68. The minimum Gasteiger partial charge on any atom is -0.379 e. The van der Waals surface area contributed by atoms with Crippen LogP contribution in [0.25, 0.3) is 0 Å². The second kappa shape index (κ2) is 8.79. The summed E-state index contributed by atoms with van der Waals surface area (Å²) in [5.41, 5.74) is 0. The van der Waals surface area contributed by atoms with Gasteiger partial charge in [-0.15, -0.1) is 0 Å². The van der Waals surface area contributed by atoms with Gasteiger partial charge in [-0.1, -0.05) is 13.8 Å². The second-order valence-corrected chi connectivity index (χ2v) is 5.78. The SMILES string of the molecule is CC(C)CCNc1cc(NCCN2CCOCC2)ncn1. The zero-order valence-corrected chi connectivity index (χ0v) is 13.1. The van der Waals surface area contributed by atoms with Crippen LogP contribution in [0.15, 0.2) is 12.4 Å². The Kier molecular flexibility index (Phi) is 6.69. The number of hydrogen-bond acceptors (Lipinski definition) is 6. The first-order chi connectivity index (χ1) is 10.2. The Morgan fingerprint density at radius 1 is 1.14 bits per heavy atom. The summed E-state index contributed by atoms with van der Waals surface area (Å²) in [6, 6.07) is 1.97. The van der Waals surface area contributed by atoms with Crippen molar-refractivity contribution in [3.63, 3.8) is 0 Å². The van der Waals surface area contributed by atoms with E-state index < -0.39 is 0 Å². The highest BCUT2D eigenvalue weighted by atomic mass is 16.5. The fraction of sp³-hybridized carbons (Fsp3) is 0.733. The summed E-state index contributed by atoms with van der Waals surface area (Å²) in [7, 11) is 0. The van der Waals surface area contributed by atoms with Crippen LogP contribution in [0.2, 0.25) is 0 Å². The first kappa shape index (κ1) is 16.0. The second-order valence-electron chi connectivity index (χ2n) is 5.78. The van der Waals surface area contributed by atoms with Gasteiger partial charge in [-0.3, -0.25) is 4.90 Å². The highest BCUT2D eigenvalue weighted by Crippen LogP contribution is 2.09. The molecule has 2 heterocycles. The standard InChI is InChI=1S/C15H27N5O/c1-13(2)3-4-16-14-11-15(19-12-18-14)17-5-6-20-7-9-21-10-8-20/h11-13H,3-10H2,1-2H3,(H2,16,17,18,19). The van der Waals surface area contributed by atoms with Gasteiger partial charge in [0.05, 0.1) is 13.2 Å². The van der Waals surface area contributed by atoms with Crippen molar-refractivity contribution in [1.29, 1.82) is 0 Å². The van der Waals surface area contributed by atoms with E-state index in [2.05, 4.69) is 39.3 Å². The molecule has 6 nitrogen and oxygen atoms in total. The molecule has 0 spiro atoms. The quantitative estimate of drug-likeness (QED) is 0.760. The van der Waals surface area contributed by atoms with Crippen molar-refractivity contribution < 1.29 is 4.74 Å². The molecular formula is C15H27N5O. The summed E-state index contributed by atoms with van der Waals surface area (Å²) in [6.07, 6.45) is 2.75. The number of aromatic nitrogens is 2. The molecule has 1 aromatic rings. The number of ether oxygens (including phenoxy) is 1. The Bertz CT molecular complexity index is 407. The van der Waals surface area contributed by atoms with E-state index in [-0.39, 0.29) is 0 Å². The number of hydrogen-bond donors (Lipinski definition) is 2. The molecule has 0 saturated carbocycles. The maximum Gasteiger partial charge on any atom is 0.131 e. The Morgan fingerprint density at radius 3 is 2.48 bits per heavy atom. The molecule has 0 unspecified atom stereocenters. The molecule has 21 heavy (non-hydrogen) atoms. The van der Waals surface area contributed by atoms with Crippen molar-refractivity contribution in [2.45, 2.75) is 20.3 Å². The van der Waals surface area contributed by atoms with Crippen LogP contribution in [-0.2, 0) is 4.74 Å². The first-order valence-corrected chi connectivity index (χ1v) is 7.84. The smallest absolute Gasteiger partial charge is 0.131 e. The summed E-state index contributed by atoms with van der Waals surface area (Å²) < 4.78 is 5.34. The molecule has 1 aliphatic rings. The van der Waals surface area contributed by atoms with Crippen LogP contribution < -0.4 is 10.6 Å². The van der Waals surface area contributed by atoms with Crippen molar-refractivity contribution in [1.82, 2.24) is 14.9 Å². The summed E-state index contributed by atoms with van der Waals surface area (Å²) >= 11 is 0. The molecule has 0 bridgehead atoms. The molecular weight excluding hydrogens is 266 g/mol. The van der Waals surface area contributed by atoms with Gasteiger partial charge >= 0.3 is 0 Å². The summed E-state index contributed by atoms with van der Waals surface area (Å²) in [5.74, 6) is 2.47. The average Bonchev–Trinajstić information content (AvgIpc) is 2.48. The van der Waals surface area contributed by atoms with Crippen molar-refractivity contribution >= 4 is 11.6 Å². The lowest BCUT2D eigenvalue weighted by Crippen LogP contribution is -2.39. The van der Waals surface area contributed by atoms with E-state index in [4.69, 9.17) is 4.74 Å². The van der Waals surface area contributed by atoms with Crippen LogP contribution in [0.5, 0.6) is 0 Å². The van der Waals surface area contributed by atoms with E-state index >= 15 is 0 Å². The molecule has 1 fully saturated rings. The van der Waals surface area contributed by atoms with E-state index in [9.17, 15) is 0 Å². The summed E-state index contributed by atoms with van der Waals surface area (Å²) in [6.45, 7) is 11.0. The molecule has 0 radical (unpaired) electrons. The predicted molar refractivity (Wildman–Crippen MR) is 85.7 cm³/mol. The van der Waals surface area contributed by atoms with Gasteiger partial charge in [0.25, 0.3) is 0 Å². The molecule has 0 aromatic carbocycles. The number of nitrogens with one attached hydrogen (secondary N) is 2.